The molecule has 4 heteroatoms. The highest BCUT2D eigenvalue weighted by Crippen LogP contribution is 2.36. The summed E-state index contributed by atoms with van der Waals surface area (Å²) < 4.78 is 18.9. The van der Waals surface area contributed by atoms with Crippen LogP contribution in [-0.4, -0.2) is 5.91 Å². The maximum absolute atomic E-state index is 12.9. The summed E-state index contributed by atoms with van der Waals surface area (Å²) in [6.45, 7) is 3.44. The van der Waals surface area contributed by atoms with E-state index in [9.17, 15) is 9.18 Å². The smallest absolute Gasteiger partial charge is 0.247 e. The van der Waals surface area contributed by atoms with Crippen LogP contribution >= 0.6 is 0 Å². The molecule has 0 heterocycles. The number of benzene rings is 2. The summed E-state index contributed by atoms with van der Waals surface area (Å²) in [5.41, 5.74) is 2.99. The van der Waals surface area contributed by atoms with E-state index < -0.39 is 0 Å². The van der Waals surface area contributed by atoms with Crippen LogP contribution in [0.1, 0.15) is 23.7 Å². The quantitative estimate of drug-likeness (QED) is 0.866. The number of anilines is 1. The number of aryl methyl sites for hydroxylation is 1. The van der Waals surface area contributed by atoms with E-state index in [1.165, 1.54) is 23.8 Å². The second-order valence-corrected chi connectivity index (χ2v) is 5.21. The molecule has 0 aliphatic heterocycles. The van der Waals surface area contributed by atoms with Crippen molar-refractivity contribution in [3.8, 4) is 5.75 Å². The molecule has 22 heavy (non-hydrogen) atoms. The van der Waals surface area contributed by atoms with Gasteiger partial charge in [0.1, 0.15) is 17.7 Å². The number of ether oxygens (including phenoxy) is 1. The lowest BCUT2D eigenvalue weighted by atomic mass is 10.1. The molecule has 2 aromatic carbocycles. The Kier molecular flexibility index (Phi) is 3.92. The molecule has 0 radical (unpaired) electrons. The lowest BCUT2D eigenvalue weighted by Gasteiger charge is -2.16. The van der Waals surface area contributed by atoms with E-state index in [1.54, 1.807) is 12.1 Å². The number of nitrogens with one attached hydrogen (secondary N) is 1. The first-order chi connectivity index (χ1) is 10.7. The van der Waals surface area contributed by atoms with Gasteiger partial charge in [-0.25, -0.2) is 4.39 Å². The zero-order valence-corrected chi connectivity index (χ0v) is 12.0. The van der Waals surface area contributed by atoms with Crippen molar-refractivity contribution in [3.63, 3.8) is 0 Å². The van der Waals surface area contributed by atoms with Crippen molar-refractivity contribution >= 4 is 11.6 Å². The molecular weight excluding hydrogens is 281 g/mol. The Morgan fingerprint density at radius 2 is 2.05 bits per heavy atom. The molecule has 112 valence electrons. The predicted octanol–water partition coefficient (Wildman–Crippen LogP) is 4.02. The highest BCUT2D eigenvalue weighted by atomic mass is 19.1. The summed E-state index contributed by atoms with van der Waals surface area (Å²) in [6, 6.07) is 11.8. The van der Waals surface area contributed by atoms with Crippen molar-refractivity contribution in [3.05, 3.63) is 72.1 Å². The highest BCUT2D eigenvalue weighted by molar-refractivity contribution is 5.98. The van der Waals surface area contributed by atoms with Crippen LogP contribution in [0.25, 0.3) is 0 Å². The molecule has 2 aromatic rings. The molecular formula is C18H16FNO2. The number of hydrogen-bond donors (Lipinski definition) is 1. The Bertz CT molecular complexity index is 710. The molecule has 1 aliphatic rings. The third kappa shape index (κ3) is 3.01. The fourth-order valence-electron chi connectivity index (χ4n) is 2.64. The van der Waals surface area contributed by atoms with Gasteiger partial charge in [-0.05, 0) is 66.4 Å². The molecule has 0 fully saturated rings. The molecule has 0 spiro atoms. The van der Waals surface area contributed by atoms with Crippen LogP contribution < -0.4 is 10.1 Å². The Labute approximate surface area is 128 Å². The maximum atomic E-state index is 12.9. The molecule has 0 bridgehead atoms. The van der Waals surface area contributed by atoms with Gasteiger partial charge in [-0.2, -0.15) is 0 Å². The van der Waals surface area contributed by atoms with E-state index in [1.807, 2.05) is 18.2 Å². The molecule has 3 rings (SSSR count). The van der Waals surface area contributed by atoms with Gasteiger partial charge in [-0.15, -0.1) is 0 Å². The molecule has 3 nitrogen and oxygen atoms in total. The standard InChI is InChI=1S/C18H16FNO2/c1-2-18(21)20-14-7-3-12-4-10-17(16(12)11-14)22-15-8-5-13(19)6-9-15/h2-3,5-9,11,17H,1,4,10H2,(H,20,21). The van der Waals surface area contributed by atoms with Crippen molar-refractivity contribution in [2.75, 3.05) is 5.32 Å². The van der Waals surface area contributed by atoms with E-state index in [0.29, 0.717) is 5.75 Å². The number of carbonyl (C=O) groups is 1. The first-order valence-electron chi connectivity index (χ1n) is 7.14. The van der Waals surface area contributed by atoms with Crippen LogP contribution in [0.2, 0.25) is 0 Å². The van der Waals surface area contributed by atoms with Gasteiger partial charge in [0, 0.05) is 5.69 Å². The van der Waals surface area contributed by atoms with Crippen LogP contribution in [0, 0.1) is 5.82 Å². The molecule has 1 atom stereocenters. The monoisotopic (exact) mass is 297 g/mol. The average molecular weight is 297 g/mol. The summed E-state index contributed by atoms with van der Waals surface area (Å²) in [7, 11) is 0. The molecule has 0 saturated heterocycles. The topological polar surface area (TPSA) is 38.3 Å². The number of fused-ring (bicyclic) bond motifs is 1. The van der Waals surface area contributed by atoms with Gasteiger partial charge in [0.25, 0.3) is 0 Å². The van der Waals surface area contributed by atoms with Crippen molar-refractivity contribution in [1.82, 2.24) is 0 Å². The molecule has 1 unspecified atom stereocenters. The van der Waals surface area contributed by atoms with Gasteiger partial charge in [-0.3, -0.25) is 4.79 Å². The second kappa shape index (κ2) is 6.02. The second-order valence-electron chi connectivity index (χ2n) is 5.21. The minimum absolute atomic E-state index is 0.0824. The number of halogens is 1. The van der Waals surface area contributed by atoms with Crippen LogP contribution in [-0.2, 0) is 11.2 Å². The summed E-state index contributed by atoms with van der Waals surface area (Å²) in [5, 5.41) is 2.75. The zero-order chi connectivity index (χ0) is 15.5. The van der Waals surface area contributed by atoms with E-state index in [-0.39, 0.29) is 17.8 Å². The average Bonchev–Trinajstić information content (AvgIpc) is 2.92. The van der Waals surface area contributed by atoms with Gasteiger partial charge in [0.15, 0.2) is 0 Å². The van der Waals surface area contributed by atoms with Crippen LogP contribution in [0.5, 0.6) is 5.75 Å². The largest absolute Gasteiger partial charge is 0.486 e. The summed E-state index contributed by atoms with van der Waals surface area (Å²) >= 11 is 0. The van der Waals surface area contributed by atoms with Crippen molar-refractivity contribution in [1.29, 1.82) is 0 Å². The molecule has 1 N–H and O–H groups in total. The minimum Gasteiger partial charge on any atom is -0.486 e. The normalized spacial score (nSPS) is 16.0. The summed E-state index contributed by atoms with van der Waals surface area (Å²) in [4.78, 5) is 11.4. The van der Waals surface area contributed by atoms with E-state index >= 15 is 0 Å². The van der Waals surface area contributed by atoms with Gasteiger partial charge in [-0.1, -0.05) is 12.6 Å². The molecule has 0 saturated carbocycles. The number of amides is 1. The molecule has 1 aliphatic carbocycles. The van der Waals surface area contributed by atoms with E-state index in [4.69, 9.17) is 4.74 Å². The minimum atomic E-state index is -0.284. The third-order valence-electron chi connectivity index (χ3n) is 3.71. The van der Waals surface area contributed by atoms with Crippen molar-refractivity contribution < 1.29 is 13.9 Å². The summed E-state index contributed by atoms with van der Waals surface area (Å²) in [5.74, 6) is 0.113. The first kappa shape index (κ1) is 14.3. The Morgan fingerprint density at radius 3 is 2.77 bits per heavy atom. The lowest BCUT2D eigenvalue weighted by Crippen LogP contribution is -2.09. The summed E-state index contributed by atoms with van der Waals surface area (Å²) in [6.07, 6.45) is 2.95. The van der Waals surface area contributed by atoms with Crippen molar-refractivity contribution in [2.24, 2.45) is 0 Å². The molecule has 1 amide bonds. The van der Waals surface area contributed by atoms with Gasteiger partial charge >= 0.3 is 0 Å². The Morgan fingerprint density at radius 1 is 1.27 bits per heavy atom. The number of rotatable bonds is 4. The number of hydrogen-bond acceptors (Lipinski definition) is 2. The van der Waals surface area contributed by atoms with E-state index in [2.05, 4.69) is 11.9 Å². The lowest BCUT2D eigenvalue weighted by molar-refractivity contribution is -0.111. The zero-order valence-electron chi connectivity index (χ0n) is 12.0. The van der Waals surface area contributed by atoms with Crippen LogP contribution in [0.15, 0.2) is 55.1 Å². The fraction of sp³-hybridized carbons (Fsp3) is 0.167. The number of carbonyl (C=O) groups excluding carboxylic acids is 1. The highest BCUT2D eigenvalue weighted by Gasteiger charge is 2.24. The SMILES string of the molecule is C=CC(=O)Nc1ccc2c(c1)C(Oc1ccc(F)cc1)CC2. The van der Waals surface area contributed by atoms with E-state index in [0.717, 1.165) is 24.1 Å². The molecule has 0 aromatic heterocycles. The Balaban J connectivity index is 1.80. The van der Waals surface area contributed by atoms with Gasteiger partial charge in [0.05, 0.1) is 0 Å². The van der Waals surface area contributed by atoms with Crippen LogP contribution in [0.4, 0.5) is 10.1 Å². The van der Waals surface area contributed by atoms with Gasteiger partial charge < -0.3 is 10.1 Å². The van der Waals surface area contributed by atoms with Crippen LogP contribution in [0.3, 0.4) is 0 Å². The Hall–Kier alpha value is -2.62. The van der Waals surface area contributed by atoms with Gasteiger partial charge in [0.2, 0.25) is 5.91 Å². The fourth-order valence-corrected chi connectivity index (χ4v) is 2.64. The predicted molar refractivity (Wildman–Crippen MR) is 83.4 cm³/mol. The first-order valence-corrected chi connectivity index (χ1v) is 7.14. The third-order valence-corrected chi connectivity index (χ3v) is 3.71. The maximum Gasteiger partial charge on any atom is 0.247 e. The van der Waals surface area contributed by atoms with Crippen molar-refractivity contribution in [2.45, 2.75) is 18.9 Å².